The Bertz CT molecular complexity index is 968. The van der Waals surface area contributed by atoms with Crippen molar-refractivity contribution in [1.29, 1.82) is 5.26 Å². The van der Waals surface area contributed by atoms with Crippen molar-refractivity contribution in [2.75, 3.05) is 19.6 Å². The van der Waals surface area contributed by atoms with Crippen LogP contribution < -0.4 is 10.6 Å². The molecule has 5 atom stereocenters. The summed E-state index contributed by atoms with van der Waals surface area (Å²) >= 11 is 0. The van der Waals surface area contributed by atoms with E-state index in [0.29, 0.717) is 13.0 Å². The molecule has 36 heavy (non-hydrogen) atoms. The maximum Gasteiger partial charge on any atom is 0.471 e. The number of amides is 4. The summed E-state index contributed by atoms with van der Waals surface area (Å²) in [5.74, 6) is -3.96. The number of likely N-dealkylation sites (tertiary alicyclic amines) is 2. The summed E-state index contributed by atoms with van der Waals surface area (Å²) in [7, 11) is 0. The van der Waals surface area contributed by atoms with Gasteiger partial charge in [-0.1, -0.05) is 34.6 Å². The fourth-order valence-corrected chi connectivity index (χ4v) is 5.49. The van der Waals surface area contributed by atoms with Crippen molar-refractivity contribution in [3.63, 3.8) is 0 Å². The molecule has 9 nitrogen and oxygen atoms in total. The highest BCUT2D eigenvalue weighted by Crippen LogP contribution is 2.65. The van der Waals surface area contributed by atoms with Crippen LogP contribution in [0.2, 0.25) is 0 Å². The number of alkyl halides is 3. The minimum Gasteiger partial charge on any atom is -0.340 e. The molecule has 12 heteroatoms. The maximum absolute atomic E-state index is 13.5. The number of carbonyl (C=O) groups is 4. The van der Waals surface area contributed by atoms with Crippen molar-refractivity contribution in [3.8, 4) is 6.07 Å². The Morgan fingerprint density at radius 1 is 1.17 bits per heavy atom. The van der Waals surface area contributed by atoms with Crippen LogP contribution in [0.1, 0.15) is 53.9 Å². The molecule has 0 spiro atoms. The number of rotatable bonds is 6. The smallest absolute Gasteiger partial charge is 0.340 e. The highest BCUT2D eigenvalue weighted by Gasteiger charge is 2.70. The molecule has 3 rings (SSSR count). The van der Waals surface area contributed by atoms with Crippen molar-refractivity contribution in [3.05, 3.63) is 0 Å². The van der Waals surface area contributed by atoms with E-state index in [1.165, 1.54) is 30.6 Å². The number of nitriles is 1. The van der Waals surface area contributed by atoms with Crippen molar-refractivity contribution >= 4 is 23.6 Å². The molecule has 2 heterocycles. The molecule has 2 aliphatic heterocycles. The lowest BCUT2D eigenvalue weighted by atomic mass is 9.85. The van der Waals surface area contributed by atoms with Crippen LogP contribution in [0, 0.1) is 34.0 Å². The lowest BCUT2D eigenvalue weighted by Gasteiger charge is -2.38. The van der Waals surface area contributed by atoms with Gasteiger partial charge in [0.05, 0.1) is 12.6 Å². The molecular weight excluding hydrogens is 479 g/mol. The van der Waals surface area contributed by atoms with Crippen LogP contribution in [0.15, 0.2) is 0 Å². The molecule has 0 aromatic rings. The van der Waals surface area contributed by atoms with Gasteiger partial charge in [-0.25, -0.2) is 0 Å². The SMILES string of the molecule is CC(C)(C)[C@H](NC(=O)C(F)(F)F)C(=O)N1C[C@H]2[C@@H]([C@H]1C(=O)NC(C#N)CN1CCCCC1=O)C2(C)C. The molecule has 0 aromatic carbocycles. The highest BCUT2D eigenvalue weighted by atomic mass is 19.4. The Balaban J connectivity index is 1.80. The zero-order valence-corrected chi connectivity index (χ0v) is 21.2. The number of carbonyl (C=O) groups excluding carboxylic acids is 4. The number of hydrogen-bond donors (Lipinski definition) is 2. The summed E-state index contributed by atoms with van der Waals surface area (Å²) in [5.41, 5.74) is -1.33. The largest absolute Gasteiger partial charge is 0.471 e. The van der Waals surface area contributed by atoms with E-state index in [1.54, 1.807) is 0 Å². The number of nitrogens with one attached hydrogen (secondary N) is 2. The van der Waals surface area contributed by atoms with Gasteiger partial charge in [-0.2, -0.15) is 18.4 Å². The van der Waals surface area contributed by atoms with Crippen LogP contribution in [0.5, 0.6) is 0 Å². The van der Waals surface area contributed by atoms with E-state index < -0.39 is 47.4 Å². The van der Waals surface area contributed by atoms with E-state index >= 15 is 0 Å². The summed E-state index contributed by atoms with van der Waals surface area (Å²) in [5, 5.41) is 14.1. The second kappa shape index (κ2) is 9.56. The topological polar surface area (TPSA) is 123 Å². The monoisotopic (exact) mass is 513 g/mol. The van der Waals surface area contributed by atoms with Crippen molar-refractivity contribution < 1.29 is 32.3 Å². The fourth-order valence-electron chi connectivity index (χ4n) is 5.49. The van der Waals surface area contributed by atoms with Gasteiger partial charge < -0.3 is 20.4 Å². The van der Waals surface area contributed by atoms with Gasteiger partial charge >= 0.3 is 12.1 Å². The summed E-state index contributed by atoms with van der Waals surface area (Å²) < 4.78 is 38.9. The van der Waals surface area contributed by atoms with Gasteiger partial charge in [0, 0.05) is 19.5 Å². The molecule has 1 aliphatic carbocycles. The predicted molar refractivity (Wildman–Crippen MR) is 122 cm³/mol. The first-order chi connectivity index (χ1) is 16.5. The molecule has 0 radical (unpaired) electrons. The summed E-state index contributed by atoms with van der Waals surface area (Å²) in [6.07, 6.45) is -3.21. The van der Waals surface area contributed by atoms with E-state index in [4.69, 9.17) is 0 Å². The zero-order valence-electron chi connectivity index (χ0n) is 21.2. The van der Waals surface area contributed by atoms with Crippen LogP contribution in [0.25, 0.3) is 0 Å². The Morgan fingerprint density at radius 2 is 1.81 bits per heavy atom. The van der Waals surface area contributed by atoms with Crippen LogP contribution in [-0.2, 0) is 19.2 Å². The summed E-state index contributed by atoms with van der Waals surface area (Å²) in [4.78, 5) is 53.5. The Morgan fingerprint density at radius 3 is 2.33 bits per heavy atom. The molecule has 3 aliphatic rings. The van der Waals surface area contributed by atoms with Gasteiger partial charge in [0.15, 0.2) is 0 Å². The van der Waals surface area contributed by atoms with Crippen molar-refractivity contribution in [1.82, 2.24) is 20.4 Å². The second-order valence-electron chi connectivity index (χ2n) is 11.6. The third-order valence-corrected chi connectivity index (χ3v) is 7.70. The zero-order chi connectivity index (χ0) is 27.2. The van der Waals surface area contributed by atoms with Crippen LogP contribution in [0.4, 0.5) is 13.2 Å². The van der Waals surface area contributed by atoms with Crippen molar-refractivity contribution in [2.45, 2.75) is 78.2 Å². The normalized spacial score (nSPS) is 27.0. The highest BCUT2D eigenvalue weighted by molar-refractivity contribution is 5.95. The van der Waals surface area contributed by atoms with Crippen LogP contribution in [0.3, 0.4) is 0 Å². The quantitative estimate of drug-likeness (QED) is 0.559. The standard InChI is InChI=1S/C24H34F3N5O4/c1-22(2,3)18(30-21(36)24(25,26)27)20(35)32-12-14-16(23(14,4)5)17(32)19(34)29-13(10-28)11-31-9-7-6-8-15(31)33/h13-14,16-18H,6-9,11-12H2,1-5H3,(H,29,34)(H,30,36)/t13?,14-,16-,17-,18+/m0/s1. The molecule has 1 unspecified atom stereocenters. The summed E-state index contributed by atoms with van der Waals surface area (Å²) in [6, 6.07) is -1.52. The van der Waals surface area contributed by atoms with E-state index in [0.717, 1.165) is 12.8 Å². The Kier molecular flexibility index (Phi) is 7.37. The minimum atomic E-state index is -5.17. The summed E-state index contributed by atoms with van der Waals surface area (Å²) in [6.45, 7) is 9.16. The maximum atomic E-state index is 13.5. The van der Waals surface area contributed by atoms with Gasteiger partial charge in [-0.3, -0.25) is 19.2 Å². The van der Waals surface area contributed by atoms with E-state index in [-0.39, 0.29) is 36.2 Å². The first-order valence-corrected chi connectivity index (χ1v) is 12.2. The molecule has 3 fully saturated rings. The lowest BCUT2D eigenvalue weighted by Crippen LogP contribution is -2.61. The molecule has 200 valence electrons. The number of piperidine rings is 2. The molecule has 1 saturated carbocycles. The predicted octanol–water partition coefficient (Wildman–Crippen LogP) is 1.58. The number of hydrogen-bond acceptors (Lipinski definition) is 5. The van der Waals surface area contributed by atoms with Crippen LogP contribution >= 0.6 is 0 Å². The average Bonchev–Trinajstić information content (AvgIpc) is 3.09. The molecule has 4 amide bonds. The molecule has 0 bridgehead atoms. The Hall–Kier alpha value is -2.84. The lowest BCUT2D eigenvalue weighted by molar-refractivity contribution is -0.176. The Labute approximate surface area is 208 Å². The van der Waals surface area contributed by atoms with Gasteiger partial charge in [-0.15, -0.1) is 0 Å². The van der Waals surface area contributed by atoms with Crippen molar-refractivity contribution in [2.24, 2.45) is 22.7 Å². The van der Waals surface area contributed by atoms with Crippen LogP contribution in [-0.4, -0.2) is 77.4 Å². The first-order valence-electron chi connectivity index (χ1n) is 12.2. The van der Waals surface area contributed by atoms with E-state index in [2.05, 4.69) is 5.32 Å². The van der Waals surface area contributed by atoms with E-state index in [1.807, 2.05) is 25.2 Å². The van der Waals surface area contributed by atoms with Gasteiger partial charge in [-0.05, 0) is 35.5 Å². The molecule has 0 aromatic heterocycles. The van der Waals surface area contributed by atoms with Gasteiger partial charge in [0.25, 0.3) is 0 Å². The third kappa shape index (κ3) is 5.44. The average molecular weight is 514 g/mol. The number of nitrogens with zero attached hydrogens (tertiary/aromatic N) is 3. The first kappa shape index (κ1) is 27.7. The molecular formula is C24H34F3N5O4. The fraction of sp³-hybridized carbons (Fsp3) is 0.792. The molecule has 2 saturated heterocycles. The van der Waals surface area contributed by atoms with Gasteiger partial charge in [0.2, 0.25) is 17.7 Å². The minimum absolute atomic E-state index is 0.0193. The number of halogens is 3. The van der Waals surface area contributed by atoms with Gasteiger partial charge in [0.1, 0.15) is 18.1 Å². The third-order valence-electron chi connectivity index (χ3n) is 7.70. The molecule has 2 N–H and O–H groups in total. The second-order valence-corrected chi connectivity index (χ2v) is 11.6. The van der Waals surface area contributed by atoms with E-state index in [9.17, 15) is 37.6 Å². The number of fused-ring (bicyclic) bond motifs is 1.